The van der Waals surface area contributed by atoms with E-state index in [0.717, 1.165) is 22.2 Å². The van der Waals surface area contributed by atoms with Gasteiger partial charge in [-0.15, -0.1) is 0 Å². The Bertz CT molecular complexity index is 1060. The molecule has 1 aromatic heterocycles. The molecule has 7 heteroatoms. The molecule has 0 saturated heterocycles. The normalized spacial score (nSPS) is 11.4. The van der Waals surface area contributed by atoms with Gasteiger partial charge in [0, 0.05) is 15.8 Å². The van der Waals surface area contributed by atoms with Gasteiger partial charge in [0.1, 0.15) is 5.03 Å². The lowest BCUT2D eigenvalue weighted by atomic mass is 10.1. The zero-order chi connectivity index (χ0) is 18.0. The molecule has 1 heterocycles. The number of carbonyl (C=O) groups is 1. The Hall–Kier alpha value is -2.38. The molecule has 0 aliphatic carbocycles. The zero-order valence-corrected chi connectivity index (χ0v) is 15.3. The number of hydrogen-bond donors (Lipinski definition) is 1. The molecular weight excluding hydrogens is 356 g/mol. The number of anilines is 1. The average Bonchev–Trinajstić information content (AvgIpc) is 2.55. The van der Waals surface area contributed by atoms with E-state index in [1.54, 1.807) is 18.2 Å². The van der Waals surface area contributed by atoms with Crippen LogP contribution in [0.1, 0.15) is 17.3 Å². The van der Waals surface area contributed by atoms with E-state index in [9.17, 15) is 13.2 Å². The first-order chi connectivity index (χ1) is 11.8. The number of Topliss-reactive ketones (excluding diaryl/α,β-unsaturated/α-hetero) is 1. The van der Waals surface area contributed by atoms with E-state index in [4.69, 9.17) is 0 Å². The molecule has 0 amide bonds. The number of rotatable bonds is 5. The molecule has 0 atom stereocenters. The number of benzene rings is 2. The molecule has 0 radical (unpaired) electrons. The van der Waals surface area contributed by atoms with Gasteiger partial charge in [0.25, 0.3) is 0 Å². The zero-order valence-electron chi connectivity index (χ0n) is 13.7. The van der Waals surface area contributed by atoms with Crippen LogP contribution in [0.2, 0.25) is 0 Å². The van der Waals surface area contributed by atoms with E-state index in [-0.39, 0.29) is 5.78 Å². The Morgan fingerprint density at radius 2 is 1.84 bits per heavy atom. The van der Waals surface area contributed by atoms with Gasteiger partial charge in [-0.2, -0.15) is 0 Å². The van der Waals surface area contributed by atoms with Gasteiger partial charge in [0.2, 0.25) is 10.0 Å². The summed E-state index contributed by atoms with van der Waals surface area (Å²) in [7, 11) is -3.43. The molecule has 0 unspecified atom stereocenters. The number of fused-ring (bicyclic) bond motifs is 1. The Morgan fingerprint density at radius 1 is 1.08 bits per heavy atom. The van der Waals surface area contributed by atoms with Crippen LogP contribution < -0.4 is 4.72 Å². The minimum atomic E-state index is -3.43. The number of pyridine rings is 1. The summed E-state index contributed by atoms with van der Waals surface area (Å²) < 4.78 is 25.7. The quantitative estimate of drug-likeness (QED) is 0.686. The summed E-state index contributed by atoms with van der Waals surface area (Å²) in [5, 5.41) is 1.75. The van der Waals surface area contributed by atoms with E-state index in [2.05, 4.69) is 9.71 Å². The van der Waals surface area contributed by atoms with Crippen molar-refractivity contribution in [3.05, 3.63) is 60.2 Å². The van der Waals surface area contributed by atoms with Gasteiger partial charge >= 0.3 is 0 Å². The van der Waals surface area contributed by atoms with Crippen LogP contribution in [0.4, 0.5) is 5.69 Å². The summed E-state index contributed by atoms with van der Waals surface area (Å²) in [4.78, 5) is 16.9. The Labute approximate surface area is 150 Å². The molecule has 3 rings (SSSR count). The lowest BCUT2D eigenvalue weighted by Gasteiger charge is -2.11. The fraction of sp³-hybridized carbons (Fsp3) is 0.111. The average molecular weight is 372 g/mol. The summed E-state index contributed by atoms with van der Waals surface area (Å²) in [6, 6.07) is 16.5. The van der Waals surface area contributed by atoms with Gasteiger partial charge in [0.05, 0.1) is 17.5 Å². The van der Waals surface area contributed by atoms with Crippen LogP contribution in [0.25, 0.3) is 10.9 Å². The molecule has 128 valence electrons. The summed E-state index contributed by atoms with van der Waals surface area (Å²) >= 11 is 1.31. The molecule has 0 aliphatic rings. The van der Waals surface area contributed by atoms with Crippen molar-refractivity contribution in [2.75, 3.05) is 11.0 Å². The van der Waals surface area contributed by atoms with Gasteiger partial charge in [-0.1, -0.05) is 36.0 Å². The fourth-order valence-electron chi connectivity index (χ4n) is 2.33. The second kappa shape index (κ2) is 6.85. The number of hydrogen-bond acceptors (Lipinski definition) is 5. The molecule has 5 nitrogen and oxygen atoms in total. The number of sulfonamides is 1. The lowest BCUT2D eigenvalue weighted by molar-refractivity contribution is 0.101. The lowest BCUT2D eigenvalue weighted by Crippen LogP contribution is -2.10. The SMILES string of the molecule is CC(=O)c1ccc(NS(C)(=O)=O)c(Sc2ccc3ccccc3n2)c1. The number of aromatic nitrogens is 1. The molecule has 0 saturated carbocycles. The van der Waals surface area contributed by atoms with Crippen molar-refractivity contribution in [3.63, 3.8) is 0 Å². The minimum absolute atomic E-state index is 0.0840. The number of nitrogens with zero attached hydrogens (tertiary/aromatic N) is 1. The van der Waals surface area contributed by atoms with Crippen LogP contribution in [-0.4, -0.2) is 25.4 Å². The third-order valence-electron chi connectivity index (χ3n) is 3.47. The van der Waals surface area contributed by atoms with Crippen LogP contribution in [0.15, 0.2) is 64.5 Å². The van der Waals surface area contributed by atoms with Crippen molar-refractivity contribution in [2.24, 2.45) is 0 Å². The Morgan fingerprint density at radius 3 is 2.56 bits per heavy atom. The van der Waals surface area contributed by atoms with Crippen molar-refractivity contribution < 1.29 is 13.2 Å². The summed E-state index contributed by atoms with van der Waals surface area (Å²) in [6.45, 7) is 1.47. The van der Waals surface area contributed by atoms with Crippen LogP contribution in [0.5, 0.6) is 0 Å². The highest BCUT2D eigenvalue weighted by molar-refractivity contribution is 7.99. The van der Waals surface area contributed by atoms with E-state index >= 15 is 0 Å². The summed E-state index contributed by atoms with van der Waals surface area (Å²) in [5.41, 5.74) is 1.79. The number of carbonyl (C=O) groups excluding carboxylic acids is 1. The van der Waals surface area contributed by atoms with Gasteiger partial charge < -0.3 is 0 Å². The van der Waals surface area contributed by atoms with Crippen LogP contribution in [-0.2, 0) is 10.0 Å². The topological polar surface area (TPSA) is 76.1 Å². The molecule has 0 bridgehead atoms. The van der Waals surface area contributed by atoms with E-state index in [1.807, 2.05) is 36.4 Å². The first kappa shape index (κ1) is 17.4. The summed E-state index contributed by atoms with van der Waals surface area (Å²) in [5.74, 6) is -0.0840. The van der Waals surface area contributed by atoms with E-state index in [0.29, 0.717) is 16.1 Å². The molecule has 1 N–H and O–H groups in total. The fourth-order valence-corrected chi connectivity index (χ4v) is 3.89. The maximum absolute atomic E-state index is 11.7. The predicted octanol–water partition coefficient (Wildman–Crippen LogP) is 3.96. The van der Waals surface area contributed by atoms with E-state index in [1.165, 1.54) is 18.7 Å². The number of para-hydroxylation sites is 1. The largest absolute Gasteiger partial charge is 0.295 e. The van der Waals surface area contributed by atoms with Gasteiger partial charge in [-0.05, 0) is 37.3 Å². The maximum atomic E-state index is 11.7. The smallest absolute Gasteiger partial charge is 0.229 e. The third kappa shape index (κ3) is 4.37. The first-order valence-electron chi connectivity index (χ1n) is 7.48. The van der Waals surface area contributed by atoms with Crippen LogP contribution in [0, 0.1) is 0 Å². The molecule has 0 aliphatic heterocycles. The maximum Gasteiger partial charge on any atom is 0.229 e. The highest BCUT2D eigenvalue weighted by Gasteiger charge is 2.12. The predicted molar refractivity (Wildman–Crippen MR) is 101 cm³/mol. The van der Waals surface area contributed by atoms with Crippen molar-refractivity contribution in [1.82, 2.24) is 4.98 Å². The van der Waals surface area contributed by atoms with Crippen LogP contribution >= 0.6 is 11.8 Å². The molecule has 25 heavy (non-hydrogen) atoms. The van der Waals surface area contributed by atoms with Crippen molar-refractivity contribution in [2.45, 2.75) is 16.8 Å². The second-order valence-corrected chi connectivity index (χ2v) is 8.40. The number of ketones is 1. The summed E-state index contributed by atoms with van der Waals surface area (Å²) in [6.07, 6.45) is 1.09. The molecule has 0 fully saturated rings. The highest BCUT2D eigenvalue weighted by Crippen LogP contribution is 2.34. The number of nitrogens with one attached hydrogen (secondary N) is 1. The standard InChI is InChI=1S/C18H16N2O3S2/c1-12(21)14-7-9-16(20-25(2,22)23)17(11-14)24-18-10-8-13-5-3-4-6-15(13)19-18/h3-11,20H,1-2H3. The van der Waals surface area contributed by atoms with Crippen molar-refractivity contribution in [1.29, 1.82) is 0 Å². The van der Waals surface area contributed by atoms with Gasteiger partial charge in [-0.25, -0.2) is 13.4 Å². The second-order valence-electron chi connectivity index (χ2n) is 5.59. The highest BCUT2D eigenvalue weighted by atomic mass is 32.2. The molecule has 0 spiro atoms. The van der Waals surface area contributed by atoms with Crippen LogP contribution in [0.3, 0.4) is 0 Å². The van der Waals surface area contributed by atoms with Gasteiger partial charge in [0.15, 0.2) is 5.78 Å². The van der Waals surface area contributed by atoms with Crippen molar-refractivity contribution in [3.8, 4) is 0 Å². The molecule has 3 aromatic rings. The Kier molecular flexibility index (Phi) is 4.78. The first-order valence-corrected chi connectivity index (χ1v) is 10.2. The van der Waals surface area contributed by atoms with Crippen molar-refractivity contribution >= 4 is 44.2 Å². The minimum Gasteiger partial charge on any atom is -0.295 e. The third-order valence-corrected chi connectivity index (χ3v) is 5.06. The molecule has 2 aromatic carbocycles. The monoisotopic (exact) mass is 372 g/mol. The Balaban J connectivity index is 2.03. The van der Waals surface area contributed by atoms with E-state index < -0.39 is 10.0 Å². The molecular formula is C18H16N2O3S2. The van der Waals surface area contributed by atoms with Gasteiger partial charge in [-0.3, -0.25) is 9.52 Å².